The summed E-state index contributed by atoms with van der Waals surface area (Å²) in [6.07, 6.45) is 0.310. The fourth-order valence-electron chi connectivity index (χ4n) is 2.74. The molecule has 0 saturated heterocycles. The van der Waals surface area contributed by atoms with Crippen molar-refractivity contribution in [2.45, 2.75) is 33.9 Å². The molecule has 0 N–H and O–H groups in total. The minimum atomic E-state index is -3.07. The monoisotopic (exact) mass is 300 g/mol. The predicted molar refractivity (Wildman–Crippen MR) is 88.7 cm³/mol. The van der Waals surface area contributed by atoms with Crippen LogP contribution >= 0.6 is 7.14 Å². The van der Waals surface area contributed by atoms with Crippen LogP contribution in [0.25, 0.3) is 0 Å². The fourth-order valence-corrected chi connectivity index (χ4v) is 5.10. The van der Waals surface area contributed by atoms with Crippen LogP contribution in [0.5, 0.6) is 0 Å². The van der Waals surface area contributed by atoms with Gasteiger partial charge in [0.1, 0.15) is 0 Å². The number of carbonyl (C=O) groups excluding carboxylic acids is 1. The van der Waals surface area contributed by atoms with Crippen molar-refractivity contribution in [1.82, 2.24) is 0 Å². The van der Waals surface area contributed by atoms with E-state index in [2.05, 4.69) is 12.1 Å². The minimum absolute atomic E-state index is 0.229. The Hall–Kier alpha value is -1.66. The van der Waals surface area contributed by atoms with Crippen molar-refractivity contribution < 1.29 is 9.36 Å². The SMILES string of the molecule is CC(=O)P(=O)(Cc1c(C)cc(C)cc1C)c1ccccc1. The summed E-state index contributed by atoms with van der Waals surface area (Å²) in [4.78, 5) is 12.1. The second-order valence-corrected chi connectivity index (χ2v) is 8.57. The standard InChI is InChI=1S/C18H21O2P/c1-13-10-14(2)18(15(3)11-13)12-21(20,16(4)19)17-8-6-5-7-9-17/h5-11H,12H2,1-4H3. The van der Waals surface area contributed by atoms with E-state index in [1.807, 2.05) is 39.0 Å². The Balaban J connectivity index is 2.53. The second kappa shape index (κ2) is 5.99. The largest absolute Gasteiger partial charge is 0.310 e. The highest BCUT2D eigenvalue weighted by Crippen LogP contribution is 2.49. The molecule has 21 heavy (non-hydrogen) atoms. The molecule has 2 aromatic rings. The zero-order valence-corrected chi connectivity index (χ0v) is 13.9. The maximum Gasteiger partial charge on any atom is 0.193 e. The topological polar surface area (TPSA) is 34.1 Å². The van der Waals surface area contributed by atoms with E-state index in [0.717, 1.165) is 16.7 Å². The van der Waals surface area contributed by atoms with E-state index in [-0.39, 0.29) is 5.52 Å². The highest BCUT2D eigenvalue weighted by atomic mass is 31.2. The molecular weight excluding hydrogens is 279 g/mol. The van der Waals surface area contributed by atoms with Crippen LogP contribution in [0, 0.1) is 20.8 Å². The molecule has 0 fully saturated rings. The molecular formula is C18H21O2P. The van der Waals surface area contributed by atoms with Gasteiger partial charge in [-0.1, -0.05) is 48.0 Å². The van der Waals surface area contributed by atoms with Gasteiger partial charge in [-0.25, -0.2) is 0 Å². The van der Waals surface area contributed by atoms with Crippen LogP contribution in [0.1, 0.15) is 29.2 Å². The molecule has 0 aliphatic carbocycles. The number of hydrogen-bond acceptors (Lipinski definition) is 2. The van der Waals surface area contributed by atoms with Gasteiger partial charge < -0.3 is 4.57 Å². The van der Waals surface area contributed by atoms with Crippen molar-refractivity contribution in [1.29, 1.82) is 0 Å². The van der Waals surface area contributed by atoms with Gasteiger partial charge in [0.2, 0.25) is 0 Å². The smallest absolute Gasteiger partial charge is 0.193 e. The Bertz CT molecular complexity index is 694. The summed E-state index contributed by atoms with van der Waals surface area (Å²) in [5.41, 5.74) is 4.19. The molecule has 0 amide bonds. The Labute approximate surface area is 126 Å². The number of aryl methyl sites for hydroxylation is 3. The number of carbonyl (C=O) groups is 1. The van der Waals surface area contributed by atoms with E-state index < -0.39 is 7.14 Å². The van der Waals surface area contributed by atoms with Crippen LogP contribution in [0.3, 0.4) is 0 Å². The molecule has 110 valence electrons. The maximum atomic E-state index is 13.3. The molecule has 1 atom stereocenters. The third-order valence-electron chi connectivity index (χ3n) is 3.90. The summed E-state index contributed by atoms with van der Waals surface area (Å²) in [6, 6.07) is 13.3. The Morgan fingerprint density at radius 3 is 2.00 bits per heavy atom. The lowest BCUT2D eigenvalue weighted by Gasteiger charge is -2.19. The Morgan fingerprint density at radius 2 is 1.52 bits per heavy atom. The summed E-state index contributed by atoms with van der Waals surface area (Å²) < 4.78 is 13.3. The molecule has 1 unspecified atom stereocenters. The van der Waals surface area contributed by atoms with Crippen LogP contribution in [0.15, 0.2) is 42.5 Å². The van der Waals surface area contributed by atoms with Crippen LogP contribution < -0.4 is 5.30 Å². The van der Waals surface area contributed by atoms with Crippen molar-refractivity contribution >= 4 is 18.0 Å². The summed E-state index contributed by atoms with van der Waals surface area (Å²) in [7, 11) is -3.07. The van der Waals surface area contributed by atoms with Crippen molar-refractivity contribution in [2.75, 3.05) is 0 Å². The lowest BCUT2D eigenvalue weighted by molar-refractivity contribution is -0.110. The molecule has 0 bridgehead atoms. The fraction of sp³-hybridized carbons (Fsp3) is 0.278. The Kier molecular flexibility index (Phi) is 4.49. The van der Waals surface area contributed by atoms with Gasteiger partial charge in [-0.2, -0.15) is 0 Å². The van der Waals surface area contributed by atoms with E-state index in [0.29, 0.717) is 11.5 Å². The zero-order chi connectivity index (χ0) is 15.6. The van der Waals surface area contributed by atoms with Crippen molar-refractivity contribution in [3.05, 3.63) is 64.7 Å². The van der Waals surface area contributed by atoms with Crippen LogP contribution in [-0.2, 0) is 15.5 Å². The molecule has 0 aromatic heterocycles. The van der Waals surface area contributed by atoms with E-state index >= 15 is 0 Å². The third kappa shape index (κ3) is 3.16. The first-order valence-corrected chi connectivity index (χ1v) is 8.96. The van der Waals surface area contributed by atoms with Gasteiger partial charge in [0.25, 0.3) is 0 Å². The average molecular weight is 300 g/mol. The van der Waals surface area contributed by atoms with E-state index in [4.69, 9.17) is 0 Å². The van der Waals surface area contributed by atoms with Crippen LogP contribution in [0.4, 0.5) is 0 Å². The number of benzene rings is 2. The van der Waals surface area contributed by atoms with E-state index in [1.54, 1.807) is 12.1 Å². The molecule has 3 heteroatoms. The van der Waals surface area contributed by atoms with Crippen molar-refractivity contribution in [3.63, 3.8) is 0 Å². The third-order valence-corrected chi connectivity index (χ3v) is 6.81. The molecule has 0 spiro atoms. The van der Waals surface area contributed by atoms with Gasteiger partial charge in [0.15, 0.2) is 12.7 Å². The first-order valence-electron chi connectivity index (χ1n) is 7.07. The lowest BCUT2D eigenvalue weighted by Crippen LogP contribution is -2.13. The maximum absolute atomic E-state index is 13.3. The first-order chi connectivity index (χ1) is 9.84. The van der Waals surface area contributed by atoms with Crippen molar-refractivity contribution in [2.24, 2.45) is 0 Å². The summed E-state index contributed by atoms with van der Waals surface area (Å²) in [6.45, 7) is 7.52. The molecule has 0 saturated carbocycles. The highest BCUT2D eigenvalue weighted by molar-refractivity contribution is 7.86. The van der Waals surface area contributed by atoms with Crippen LogP contribution in [-0.4, -0.2) is 5.52 Å². The molecule has 2 nitrogen and oxygen atoms in total. The summed E-state index contributed by atoms with van der Waals surface area (Å²) >= 11 is 0. The molecule has 2 aromatic carbocycles. The number of hydrogen-bond donors (Lipinski definition) is 0. The molecule has 2 rings (SSSR count). The quantitative estimate of drug-likeness (QED) is 0.787. The predicted octanol–water partition coefficient (Wildman–Crippen LogP) is 4.35. The lowest BCUT2D eigenvalue weighted by atomic mass is 10.0. The molecule has 0 radical (unpaired) electrons. The average Bonchev–Trinajstić information content (AvgIpc) is 2.43. The van der Waals surface area contributed by atoms with Gasteiger partial charge in [0.05, 0.1) is 0 Å². The summed E-state index contributed by atoms with van der Waals surface area (Å²) in [5, 5.41) is 0.650. The molecule has 0 heterocycles. The first kappa shape index (κ1) is 15.7. The van der Waals surface area contributed by atoms with E-state index in [9.17, 15) is 9.36 Å². The van der Waals surface area contributed by atoms with Crippen LogP contribution in [0.2, 0.25) is 0 Å². The highest BCUT2D eigenvalue weighted by Gasteiger charge is 2.31. The van der Waals surface area contributed by atoms with Gasteiger partial charge >= 0.3 is 0 Å². The summed E-state index contributed by atoms with van der Waals surface area (Å²) in [5.74, 6) is 0. The number of rotatable bonds is 4. The van der Waals surface area contributed by atoms with Gasteiger partial charge in [-0.15, -0.1) is 0 Å². The van der Waals surface area contributed by atoms with Gasteiger partial charge in [-0.05, 0) is 37.5 Å². The van der Waals surface area contributed by atoms with Gasteiger partial charge in [0, 0.05) is 18.4 Å². The normalized spacial score (nSPS) is 13.7. The zero-order valence-electron chi connectivity index (χ0n) is 13.0. The van der Waals surface area contributed by atoms with Gasteiger partial charge in [-0.3, -0.25) is 4.79 Å². The minimum Gasteiger partial charge on any atom is -0.310 e. The molecule has 0 aliphatic heterocycles. The molecule has 0 aliphatic rings. The van der Waals surface area contributed by atoms with E-state index in [1.165, 1.54) is 12.5 Å². The van der Waals surface area contributed by atoms with Crippen molar-refractivity contribution in [3.8, 4) is 0 Å². The second-order valence-electron chi connectivity index (χ2n) is 5.63. The Morgan fingerprint density at radius 1 is 1.00 bits per heavy atom.